The van der Waals surface area contributed by atoms with Gasteiger partial charge in [-0.2, -0.15) is 5.10 Å². The monoisotopic (exact) mass is 335 g/mol. The number of aryl methyl sites for hydroxylation is 1. The van der Waals surface area contributed by atoms with E-state index in [1.807, 2.05) is 12.1 Å². The largest absolute Gasteiger partial charge is 0.302 e. The summed E-state index contributed by atoms with van der Waals surface area (Å²) in [7, 11) is 2.13. The molecule has 0 atom stereocenters. The summed E-state index contributed by atoms with van der Waals surface area (Å²) in [6.45, 7) is 4.79. The molecule has 3 aromatic rings. The zero-order valence-electron chi connectivity index (χ0n) is 14.7. The lowest BCUT2D eigenvalue weighted by atomic mass is 10.0. The van der Waals surface area contributed by atoms with Gasteiger partial charge in [0.05, 0.1) is 12.2 Å². The number of halogens is 1. The van der Waals surface area contributed by atoms with E-state index in [0.717, 1.165) is 37.3 Å². The molecule has 0 saturated heterocycles. The molecule has 1 aliphatic heterocycles. The van der Waals surface area contributed by atoms with Crippen molar-refractivity contribution < 1.29 is 4.39 Å². The quantitative estimate of drug-likeness (QED) is 0.720. The van der Waals surface area contributed by atoms with Crippen molar-refractivity contribution in [2.24, 2.45) is 0 Å². The molecule has 0 aliphatic carbocycles. The molecular weight excluding hydrogens is 313 g/mol. The molecular formula is C21H22FN3. The van der Waals surface area contributed by atoms with Crippen molar-refractivity contribution in [2.45, 2.75) is 26.4 Å². The van der Waals surface area contributed by atoms with Gasteiger partial charge >= 0.3 is 0 Å². The summed E-state index contributed by atoms with van der Waals surface area (Å²) >= 11 is 0. The standard InChI is InChI=1S/C21H22FN3/c1-15-3-5-16(6-4-15)13-25-20-11-12-24(2)14-19(20)21(23-25)17-7-9-18(22)10-8-17/h3-10H,11-14H2,1-2H3. The summed E-state index contributed by atoms with van der Waals surface area (Å²) in [5, 5.41) is 4.91. The van der Waals surface area contributed by atoms with Crippen LogP contribution in [0.15, 0.2) is 48.5 Å². The summed E-state index contributed by atoms with van der Waals surface area (Å²) < 4.78 is 15.4. The summed E-state index contributed by atoms with van der Waals surface area (Å²) in [6, 6.07) is 15.3. The maximum Gasteiger partial charge on any atom is 0.123 e. The molecule has 0 radical (unpaired) electrons. The van der Waals surface area contributed by atoms with Crippen molar-refractivity contribution in [2.75, 3.05) is 13.6 Å². The van der Waals surface area contributed by atoms with E-state index in [1.165, 1.54) is 34.5 Å². The van der Waals surface area contributed by atoms with E-state index in [9.17, 15) is 4.39 Å². The second-order valence-electron chi connectivity index (χ2n) is 6.91. The second-order valence-corrected chi connectivity index (χ2v) is 6.91. The Labute approximate surface area is 147 Å². The number of fused-ring (bicyclic) bond motifs is 1. The predicted molar refractivity (Wildman–Crippen MR) is 97.9 cm³/mol. The average Bonchev–Trinajstić information content (AvgIpc) is 2.95. The molecule has 0 fully saturated rings. The molecule has 0 amide bonds. The third kappa shape index (κ3) is 3.22. The molecule has 4 heteroatoms. The first-order chi connectivity index (χ1) is 12.1. The zero-order valence-corrected chi connectivity index (χ0v) is 14.7. The van der Waals surface area contributed by atoms with Crippen molar-refractivity contribution in [3.63, 3.8) is 0 Å². The van der Waals surface area contributed by atoms with Crippen LogP contribution in [0.5, 0.6) is 0 Å². The number of rotatable bonds is 3. The number of benzene rings is 2. The van der Waals surface area contributed by atoms with Crippen LogP contribution in [-0.4, -0.2) is 28.3 Å². The third-order valence-corrected chi connectivity index (χ3v) is 4.90. The first-order valence-electron chi connectivity index (χ1n) is 8.69. The molecule has 128 valence electrons. The molecule has 25 heavy (non-hydrogen) atoms. The van der Waals surface area contributed by atoms with Gasteiger partial charge < -0.3 is 4.90 Å². The first kappa shape index (κ1) is 16.0. The van der Waals surface area contributed by atoms with E-state index in [0.29, 0.717) is 0 Å². The lowest BCUT2D eigenvalue weighted by Gasteiger charge is -2.23. The highest BCUT2D eigenvalue weighted by atomic mass is 19.1. The van der Waals surface area contributed by atoms with Crippen LogP contribution in [0.1, 0.15) is 22.4 Å². The minimum Gasteiger partial charge on any atom is -0.302 e. The Bertz CT molecular complexity index is 879. The molecule has 0 saturated carbocycles. The molecule has 1 aliphatic rings. The Morgan fingerprint density at radius 1 is 1.04 bits per heavy atom. The highest BCUT2D eigenvalue weighted by Crippen LogP contribution is 2.30. The summed E-state index contributed by atoms with van der Waals surface area (Å²) in [5.41, 5.74) is 7.05. The van der Waals surface area contributed by atoms with Crippen molar-refractivity contribution in [3.05, 3.63) is 76.7 Å². The average molecular weight is 335 g/mol. The molecule has 1 aromatic heterocycles. The Morgan fingerprint density at radius 3 is 2.48 bits per heavy atom. The van der Waals surface area contributed by atoms with Crippen molar-refractivity contribution in [1.29, 1.82) is 0 Å². The van der Waals surface area contributed by atoms with E-state index in [4.69, 9.17) is 5.10 Å². The van der Waals surface area contributed by atoms with Crippen LogP contribution in [0.25, 0.3) is 11.3 Å². The van der Waals surface area contributed by atoms with E-state index in [-0.39, 0.29) is 5.82 Å². The van der Waals surface area contributed by atoms with Crippen molar-refractivity contribution in [3.8, 4) is 11.3 Å². The molecule has 0 N–H and O–H groups in total. The SMILES string of the molecule is Cc1ccc(Cn2nc(-c3ccc(F)cc3)c3c2CCN(C)C3)cc1. The second kappa shape index (κ2) is 6.45. The molecule has 0 spiro atoms. The van der Waals surface area contributed by atoms with Gasteiger partial charge in [0.15, 0.2) is 0 Å². The fourth-order valence-electron chi connectivity index (χ4n) is 3.46. The first-order valence-corrected chi connectivity index (χ1v) is 8.69. The lowest BCUT2D eigenvalue weighted by molar-refractivity contribution is 0.308. The van der Waals surface area contributed by atoms with Gasteiger partial charge in [-0.1, -0.05) is 29.8 Å². The number of hydrogen-bond acceptors (Lipinski definition) is 2. The van der Waals surface area contributed by atoms with Crippen LogP contribution in [0.4, 0.5) is 4.39 Å². The molecule has 0 bridgehead atoms. The van der Waals surface area contributed by atoms with Crippen LogP contribution < -0.4 is 0 Å². The number of hydrogen-bond donors (Lipinski definition) is 0. The van der Waals surface area contributed by atoms with Gasteiger partial charge in [0.25, 0.3) is 0 Å². The van der Waals surface area contributed by atoms with Crippen LogP contribution >= 0.6 is 0 Å². The van der Waals surface area contributed by atoms with Crippen molar-refractivity contribution >= 4 is 0 Å². The Morgan fingerprint density at radius 2 is 1.76 bits per heavy atom. The number of likely N-dealkylation sites (N-methyl/N-ethyl adjacent to an activating group) is 1. The third-order valence-electron chi connectivity index (χ3n) is 4.90. The Hall–Kier alpha value is -2.46. The van der Waals surface area contributed by atoms with Crippen LogP contribution in [0.3, 0.4) is 0 Å². The van der Waals surface area contributed by atoms with Gasteiger partial charge in [0, 0.05) is 36.3 Å². The smallest absolute Gasteiger partial charge is 0.123 e. The molecule has 4 rings (SSSR count). The van der Waals surface area contributed by atoms with Gasteiger partial charge in [0.2, 0.25) is 0 Å². The molecule has 2 aromatic carbocycles. The molecule has 0 unspecified atom stereocenters. The topological polar surface area (TPSA) is 21.1 Å². The van der Waals surface area contributed by atoms with Gasteiger partial charge in [-0.3, -0.25) is 4.68 Å². The fourth-order valence-corrected chi connectivity index (χ4v) is 3.46. The van der Waals surface area contributed by atoms with Gasteiger partial charge in [-0.25, -0.2) is 4.39 Å². The van der Waals surface area contributed by atoms with Crippen LogP contribution in [-0.2, 0) is 19.5 Å². The maximum absolute atomic E-state index is 13.3. The van der Waals surface area contributed by atoms with Crippen LogP contribution in [0.2, 0.25) is 0 Å². The van der Waals surface area contributed by atoms with E-state index >= 15 is 0 Å². The maximum atomic E-state index is 13.3. The Kier molecular flexibility index (Phi) is 4.14. The zero-order chi connectivity index (χ0) is 17.4. The summed E-state index contributed by atoms with van der Waals surface area (Å²) in [5.74, 6) is -0.214. The minimum atomic E-state index is -0.214. The lowest BCUT2D eigenvalue weighted by Crippen LogP contribution is -2.27. The highest BCUT2D eigenvalue weighted by Gasteiger charge is 2.24. The van der Waals surface area contributed by atoms with E-state index in [2.05, 4.69) is 47.8 Å². The number of nitrogens with zero attached hydrogens (tertiary/aromatic N) is 3. The van der Waals surface area contributed by atoms with Gasteiger partial charge in [-0.05, 0) is 43.8 Å². The van der Waals surface area contributed by atoms with Gasteiger partial charge in [-0.15, -0.1) is 0 Å². The van der Waals surface area contributed by atoms with Gasteiger partial charge in [0.1, 0.15) is 5.82 Å². The van der Waals surface area contributed by atoms with Crippen molar-refractivity contribution in [1.82, 2.24) is 14.7 Å². The highest BCUT2D eigenvalue weighted by molar-refractivity contribution is 5.64. The number of aromatic nitrogens is 2. The minimum absolute atomic E-state index is 0.214. The fraction of sp³-hybridized carbons (Fsp3) is 0.286. The Balaban J connectivity index is 1.76. The summed E-state index contributed by atoms with van der Waals surface area (Å²) in [4.78, 5) is 2.31. The normalized spacial score (nSPS) is 14.5. The predicted octanol–water partition coefficient (Wildman–Crippen LogP) is 4.03. The molecule has 3 nitrogen and oxygen atoms in total. The molecule has 2 heterocycles. The van der Waals surface area contributed by atoms with E-state index < -0.39 is 0 Å². The van der Waals surface area contributed by atoms with E-state index in [1.54, 1.807) is 0 Å². The summed E-state index contributed by atoms with van der Waals surface area (Å²) in [6.07, 6.45) is 0.992. The van der Waals surface area contributed by atoms with Crippen LogP contribution in [0, 0.1) is 12.7 Å².